The first-order valence-electron chi connectivity index (χ1n) is 6.27. The lowest BCUT2D eigenvalue weighted by molar-refractivity contribution is 0.133. The van der Waals surface area contributed by atoms with Gasteiger partial charge in [-0.05, 0) is 5.56 Å². The van der Waals surface area contributed by atoms with Crippen LogP contribution in [0.15, 0.2) is 30.3 Å². The molecule has 1 saturated heterocycles. The van der Waals surface area contributed by atoms with Gasteiger partial charge < -0.3 is 25.8 Å². The number of likely N-dealkylation sites (tertiary alicyclic amines) is 1. The van der Waals surface area contributed by atoms with Crippen molar-refractivity contribution < 1.29 is 19.4 Å². The molecule has 1 aliphatic heterocycles. The maximum Gasteiger partial charge on any atom is 0.407 e. The summed E-state index contributed by atoms with van der Waals surface area (Å²) >= 11 is 0. The van der Waals surface area contributed by atoms with Crippen LogP contribution < -0.4 is 11.1 Å². The lowest BCUT2D eigenvalue weighted by Gasteiger charge is -2.16. The van der Waals surface area contributed by atoms with Crippen LogP contribution in [-0.2, 0) is 11.3 Å². The van der Waals surface area contributed by atoms with Crippen molar-refractivity contribution in [3.63, 3.8) is 0 Å². The van der Waals surface area contributed by atoms with Gasteiger partial charge in [0, 0.05) is 19.1 Å². The number of nitrogens with zero attached hydrogens (tertiary/aromatic N) is 1. The fourth-order valence-corrected chi connectivity index (χ4v) is 2.05. The Hall–Kier alpha value is -2.28. The number of rotatable bonds is 3. The monoisotopic (exact) mass is 279 g/mol. The van der Waals surface area contributed by atoms with Crippen molar-refractivity contribution in [1.82, 2.24) is 10.2 Å². The molecule has 1 aromatic carbocycles. The van der Waals surface area contributed by atoms with Crippen molar-refractivity contribution >= 4 is 12.2 Å². The molecule has 0 aromatic heterocycles. The van der Waals surface area contributed by atoms with Gasteiger partial charge in [-0.1, -0.05) is 30.3 Å². The smallest absolute Gasteiger partial charge is 0.407 e. The molecule has 1 fully saturated rings. The fourth-order valence-electron chi connectivity index (χ4n) is 2.05. The van der Waals surface area contributed by atoms with E-state index >= 15 is 0 Å². The van der Waals surface area contributed by atoms with Gasteiger partial charge in [-0.15, -0.1) is 0 Å². The summed E-state index contributed by atoms with van der Waals surface area (Å²) in [4.78, 5) is 23.6. The Bertz CT molecular complexity index is 480. The normalized spacial score (nSPS) is 21.6. The maximum absolute atomic E-state index is 11.6. The first-order valence-corrected chi connectivity index (χ1v) is 6.27. The zero-order valence-corrected chi connectivity index (χ0v) is 10.9. The summed E-state index contributed by atoms with van der Waals surface area (Å²) in [6, 6.07) is 8.44. The van der Waals surface area contributed by atoms with Crippen molar-refractivity contribution in [1.29, 1.82) is 0 Å². The quantitative estimate of drug-likeness (QED) is 0.751. The number of amides is 2. The number of benzene rings is 1. The van der Waals surface area contributed by atoms with Crippen molar-refractivity contribution in [2.45, 2.75) is 18.7 Å². The van der Waals surface area contributed by atoms with Gasteiger partial charge in [0.25, 0.3) is 0 Å². The van der Waals surface area contributed by atoms with E-state index in [1.165, 1.54) is 4.90 Å². The van der Waals surface area contributed by atoms with Crippen LogP contribution >= 0.6 is 0 Å². The van der Waals surface area contributed by atoms with E-state index in [4.69, 9.17) is 15.6 Å². The lowest BCUT2D eigenvalue weighted by Crippen LogP contribution is -2.46. The molecule has 108 valence electrons. The number of carboxylic acid groups (broad SMARTS) is 1. The Morgan fingerprint density at radius 3 is 2.65 bits per heavy atom. The summed E-state index contributed by atoms with van der Waals surface area (Å²) in [6.07, 6.45) is -1.64. The van der Waals surface area contributed by atoms with E-state index in [2.05, 4.69) is 5.32 Å². The highest BCUT2D eigenvalue weighted by atomic mass is 16.5. The van der Waals surface area contributed by atoms with E-state index in [-0.39, 0.29) is 19.7 Å². The largest absolute Gasteiger partial charge is 0.465 e. The van der Waals surface area contributed by atoms with Gasteiger partial charge in [0.05, 0.1) is 6.04 Å². The number of carbonyl (C=O) groups is 2. The number of ether oxygens (including phenoxy) is 1. The average molecular weight is 279 g/mol. The molecule has 1 aliphatic rings. The van der Waals surface area contributed by atoms with Gasteiger partial charge in [-0.3, -0.25) is 0 Å². The van der Waals surface area contributed by atoms with Gasteiger partial charge in [-0.2, -0.15) is 0 Å². The molecular formula is C13H17N3O4. The minimum absolute atomic E-state index is 0.164. The molecule has 2 rings (SSSR count). The van der Waals surface area contributed by atoms with Crippen molar-refractivity contribution in [2.24, 2.45) is 5.73 Å². The zero-order valence-electron chi connectivity index (χ0n) is 10.9. The molecule has 2 unspecified atom stereocenters. The third-order valence-electron chi connectivity index (χ3n) is 3.15. The fraction of sp³-hybridized carbons (Fsp3) is 0.385. The van der Waals surface area contributed by atoms with Crippen LogP contribution in [-0.4, -0.2) is 47.4 Å². The van der Waals surface area contributed by atoms with Crippen LogP contribution in [0, 0.1) is 0 Å². The number of nitrogens with two attached hydrogens (primary N) is 1. The van der Waals surface area contributed by atoms with Crippen LogP contribution in [0.2, 0.25) is 0 Å². The van der Waals surface area contributed by atoms with Crippen molar-refractivity contribution in [3.05, 3.63) is 35.9 Å². The predicted octanol–water partition coefficient (Wildman–Crippen LogP) is 0.602. The first-order chi connectivity index (χ1) is 9.56. The maximum atomic E-state index is 11.6. The topological polar surface area (TPSA) is 105 Å². The van der Waals surface area contributed by atoms with Crippen LogP contribution in [0.5, 0.6) is 0 Å². The second-order valence-electron chi connectivity index (χ2n) is 4.66. The molecule has 7 heteroatoms. The van der Waals surface area contributed by atoms with Gasteiger partial charge in [0.2, 0.25) is 0 Å². The average Bonchev–Trinajstić information content (AvgIpc) is 2.79. The number of hydrogen-bond acceptors (Lipinski definition) is 4. The van der Waals surface area contributed by atoms with E-state index in [9.17, 15) is 9.59 Å². The molecule has 0 aliphatic carbocycles. The molecule has 0 saturated carbocycles. The highest BCUT2D eigenvalue weighted by molar-refractivity contribution is 5.69. The van der Waals surface area contributed by atoms with E-state index in [0.29, 0.717) is 0 Å². The molecule has 2 atom stereocenters. The molecule has 7 nitrogen and oxygen atoms in total. The molecule has 2 amide bonds. The lowest BCUT2D eigenvalue weighted by atomic mass is 10.2. The van der Waals surface area contributed by atoms with E-state index < -0.39 is 24.3 Å². The van der Waals surface area contributed by atoms with Gasteiger partial charge in [0.1, 0.15) is 6.61 Å². The first kappa shape index (κ1) is 14.1. The van der Waals surface area contributed by atoms with Crippen LogP contribution in [0.1, 0.15) is 5.56 Å². The molecule has 0 radical (unpaired) electrons. The number of alkyl carbamates (subject to hydrolysis) is 1. The number of nitrogens with one attached hydrogen (secondary N) is 1. The highest BCUT2D eigenvalue weighted by Crippen LogP contribution is 2.09. The molecule has 0 bridgehead atoms. The summed E-state index contributed by atoms with van der Waals surface area (Å²) in [6.45, 7) is 0.549. The molecule has 1 aromatic rings. The molecule has 1 heterocycles. The van der Waals surface area contributed by atoms with Crippen LogP contribution in [0.25, 0.3) is 0 Å². The van der Waals surface area contributed by atoms with E-state index in [0.717, 1.165) is 5.56 Å². The third-order valence-corrected chi connectivity index (χ3v) is 3.15. The van der Waals surface area contributed by atoms with Gasteiger partial charge >= 0.3 is 12.2 Å². The second kappa shape index (κ2) is 6.25. The molecule has 0 spiro atoms. The Morgan fingerprint density at radius 2 is 2.05 bits per heavy atom. The van der Waals surface area contributed by atoms with Crippen LogP contribution in [0.4, 0.5) is 9.59 Å². The van der Waals surface area contributed by atoms with Gasteiger partial charge in [-0.25, -0.2) is 9.59 Å². The Labute approximate surface area is 116 Å². The van der Waals surface area contributed by atoms with Crippen LogP contribution in [0.3, 0.4) is 0 Å². The highest BCUT2D eigenvalue weighted by Gasteiger charge is 2.34. The minimum atomic E-state index is -1.04. The predicted molar refractivity (Wildman–Crippen MR) is 71.1 cm³/mol. The van der Waals surface area contributed by atoms with Crippen molar-refractivity contribution in [2.75, 3.05) is 13.1 Å². The number of hydrogen-bond donors (Lipinski definition) is 3. The van der Waals surface area contributed by atoms with Gasteiger partial charge in [0.15, 0.2) is 0 Å². The Morgan fingerprint density at radius 1 is 1.35 bits per heavy atom. The summed E-state index contributed by atoms with van der Waals surface area (Å²) in [5.74, 6) is 0. The summed E-state index contributed by atoms with van der Waals surface area (Å²) in [5.41, 5.74) is 6.67. The Balaban J connectivity index is 1.79. The van der Waals surface area contributed by atoms with E-state index in [1.807, 2.05) is 30.3 Å². The molecular weight excluding hydrogens is 262 g/mol. The van der Waals surface area contributed by atoms with E-state index in [1.54, 1.807) is 0 Å². The standard InChI is InChI=1S/C13H17N3O4/c14-10-6-16(13(18)19)7-11(10)15-12(17)20-8-9-4-2-1-3-5-9/h1-5,10-11H,6-8,14H2,(H,15,17)(H,18,19). The SMILES string of the molecule is NC1CN(C(=O)O)CC1NC(=O)OCc1ccccc1. The molecule has 4 N–H and O–H groups in total. The minimum Gasteiger partial charge on any atom is -0.465 e. The third kappa shape index (κ3) is 3.61. The Kier molecular flexibility index (Phi) is 4.41. The number of carbonyl (C=O) groups excluding carboxylic acids is 1. The summed E-state index contributed by atoms with van der Waals surface area (Å²) in [5, 5.41) is 11.5. The second-order valence-corrected chi connectivity index (χ2v) is 4.66. The summed E-state index contributed by atoms with van der Waals surface area (Å²) in [7, 11) is 0. The van der Waals surface area contributed by atoms with Crippen molar-refractivity contribution in [3.8, 4) is 0 Å². The zero-order chi connectivity index (χ0) is 14.5. The molecule has 20 heavy (non-hydrogen) atoms. The summed E-state index contributed by atoms with van der Waals surface area (Å²) < 4.78 is 5.06.